The highest BCUT2D eigenvalue weighted by molar-refractivity contribution is 5.98. The molecule has 0 atom stereocenters. The van der Waals surface area contributed by atoms with E-state index in [9.17, 15) is 39.9 Å². The normalized spacial score (nSPS) is 10.5. The van der Waals surface area contributed by atoms with Crippen LogP contribution in [0.1, 0.15) is 35.3 Å². The van der Waals surface area contributed by atoms with Gasteiger partial charge in [-0.1, -0.05) is 31.5 Å². The molecule has 3 nitrogen and oxygen atoms in total. The summed E-state index contributed by atoms with van der Waals surface area (Å²) in [5, 5.41) is 2.35. The number of nitrogens with one attached hydrogen (secondary N) is 1. The minimum Gasteiger partial charge on any atom is -0.416 e. The van der Waals surface area contributed by atoms with E-state index in [1.54, 1.807) is 26.0 Å². The summed E-state index contributed by atoms with van der Waals surface area (Å²) in [7, 11) is 0. The number of esters is 1. The standard InChI is InChI=1S/C21H11F8NO2.C2H6/c1-7-3-4-11(8(2)5-7)30-19-9(6-10(22)12(23)16(19)27)21(31)32-20-17(28)14(25)13(24)15(26)18(20)29;1-2/h3-6,30H,1-2H3;1-2H3. The predicted molar refractivity (Wildman–Crippen MR) is 108 cm³/mol. The Morgan fingerprint density at radius 1 is 0.735 bits per heavy atom. The lowest BCUT2D eigenvalue weighted by atomic mass is 10.1. The summed E-state index contributed by atoms with van der Waals surface area (Å²) in [5.41, 5.74) is -0.654. The number of aryl methyl sites for hydroxylation is 2. The fraction of sp³-hybridized carbons (Fsp3) is 0.174. The number of ether oxygens (including phenoxy) is 1. The van der Waals surface area contributed by atoms with Crippen LogP contribution in [0.4, 0.5) is 46.5 Å². The summed E-state index contributed by atoms with van der Waals surface area (Å²) in [6, 6.07) is 4.77. The van der Waals surface area contributed by atoms with E-state index >= 15 is 0 Å². The van der Waals surface area contributed by atoms with Crippen molar-refractivity contribution in [3.05, 3.63) is 87.5 Å². The molecule has 34 heavy (non-hydrogen) atoms. The van der Waals surface area contributed by atoms with E-state index in [1.807, 2.05) is 13.8 Å². The van der Waals surface area contributed by atoms with Crippen LogP contribution in [0.15, 0.2) is 24.3 Å². The fourth-order valence-electron chi connectivity index (χ4n) is 2.79. The van der Waals surface area contributed by atoms with Crippen LogP contribution in [0.5, 0.6) is 5.75 Å². The van der Waals surface area contributed by atoms with Crippen LogP contribution in [0, 0.1) is 60.4 Å². The Morgan fingerprint density at radius 3 is 1.79 bits per heavy atom. The van der Waals surface area contributed by atoms with Crippen molar-refractivity contribution in [2.45, 2.75) is 27.7 Å². The first-order chi connectivity index (χ1) is 15.9. The van der Waals surface area contributed by atoms with Crippen molar-refractivity contribution >= 4 is 17.3 Å². The smallest absolute Gasteiger partial charge is 0.346 e. The third-order valence-corrected chi connectivity index (χ3v) is 4.39. The molecular formula is C23H17F8NO2. The first-order valence-corrected chi connectivity index (χ1v) is 9.69. The number of carbonyl (C=O) groups is 1. The second-order valence-corrected chi connectivity index (χ2v) is 6.64. The molecule has 0 bridgehead atoms. The van der Waals surface area contributed by atoms with Gasteiger partial charge >= 0.3 is 5.97 Å². The van der Waals surface area contributed by atoms with Gasteiger partial charge in [-0.25, -0.2) is 31.1 Å². The summed E-state index contributed by atoms with van der Waals surface area (Å²) >= 11 is 0. The van der Waals surface area contributed by atoms with E-state index < -0.39 is 69.5 Å². The largest absolute Gasteiger partial charge is 0.416 e. The first-order valence-electron chi connectivity index (χ1n) is 9.69. The van der Waals surface area contributed by atoms with Gasteiger partial charge in [0.05, 0.1) is 11.3 Å². The van der Waals surface area contributed by atoms with Gasteiger partial charge in [-0.3, -0.25) is 0 Å². The van der Waals surface area contributed by atoms with Crippen LogP contribution in [0.3, 0.4) is 0 Å². The van der Waals surface area contributed by atoms with Crippen molar-refractivity contribution in [1.29, 1.82) is 0 Å². The maximum Gasteiger partial charge on any atom is 0.346 e. The molecule has 3 aromatic rings. The Labute approximate surface area is 189 Å². The molecule has 3 rings (SSSR count). The molecule has 0 aliphatic carbocycles. The summed E-state index contributed by atoms with van der Waals surface area (Å²) in [6.07, 6.45) is 0. The molecule has 1 N–H and O–H groups in total. The molecule has 0 fully saturated rings. The van der Waals surface area contributed by atoms with Crippen molar-refractivity contribution < 1.29 is 44.7 Å². The molecule has 0 saturated heterocycles. The number of benzene rings is 3. The van der Waals surface area contributed by atoms with E-state index in [0.717, 1.165) is 5.56 Å². The number of hydrogen-bond donors (Lipinski definition) is 1. The average Bonchev–Trinajstić information content (AvgIpc) is 2.82. The van der Waals surface area contributed by atoms with Crippen LogP contribution in [0.25, 0.3) is 0 Å². The highest BCUT2D eigenvalue weighted by atomic mass is 19.2. The Bertz CT molecular complexity index is 1230. The van der Waals surface area contributed by atoms with E-state index in [0.29, 0.717) is 5.56 Å². The third kappa shape index (κ3) is 4.97. The van der Waals surface area contributed by atoms with E-state index in [1.165, 1.54) is 6.07 Å². The summed E-state index contributed by atoms with van der Waals surface area (Å²) in [5.74, 6) is -21.9. The van der Waals surface area contributed by atoms with Crippen LogP contribution < -0.4 is 10.1 Å². The van der Waals surface area contributed by atoms with Gasteiger partial charge in [0.1, 0.15) is 0 Å². The quantitative estimate of drug-likeness (QED) is 0.136. The van der Waals surface area contributed by atoms with Gasteiger partial charge in [-0.05, 0) is 31.5 Å². The lowest BCUT2D eigenvalue weighted by molar-refractivity contribution is 0.0716. The summed E-state index contributed by atoms with van der Waals surface area (Å²) < 4.78 is 114. The summed E-state index contributed by atoms with van der Waals surface area (Å²) in [4.78, 5) is 12.4. The molecule has 0 aliphatic rings. The van der Waals surface area contributed by atoms with E-state index in [-0.39, 0.29) is 11.8 Å². The van der Waals surface area contributed by atoms with Gasteiger partial charge in [0.15, 0.2) is 17.5 Å². The maximum absolute atomic E-state index is 14.5. The van der Waals surface area contributed by atoms with Gasteiger partial charge in [-0.15, -0.1) is 0 Å². The molecule has 0 saturated carbocycles. The van der Waals surface area contributed by atoms with Gasteiger partial charge in [0.25, 0.3) is 0 Å². The number of halogens is 8. The third-order valence-electron chi connectivity index (χ3n) is 4.39. The first kappa shape index (κ1) is 26.6. The van der Waals surface area contributed by atoms with Gasteiger partial charge in [0.2, 0.25) is 34.8 Å². The predicted octanol–water partition coefficient (Wildman–Crippen LogP) is 7.41. The van der Waals surface area contributed by atoms with Crippen molar-refractivity contribution in [2.75, 3.05) is 5.32 Å². The molecule has 11 heteroatoms. The van der Waals surface area contributed by atoms with Crippen LogP contribution in [0.2, 0.25) is 0 Å². The maximum atomic E-state index is 14.5. The van der Waals surface area contributed by atoms with Crippen molar-refractivity contribution in [2.24, 2.45) is 0 Å². The lowest BCUT2D eigenvalue weighted by Gasteiger charge is -2.16. The van der Waals surface area contributed by atoms with Crippen LogP contribution in [-0.4, -0.2) is 5.97 Å². The number of hydrogen-bond acceptors (Lipinski definition) is 3. The molecule has 0 heterocycles. The Kier molecular flexibility index (Phi) is 8.25. The van der Waals surface area contributed by atoms with Gasteiger partial charge in [0, 0.05) is 5.69 Å². The minimum absolute atomic E-state index is 0.144. The number of anilines is 2. The molecule has 0 unspecified atom stereocenters. The molecule has 0 aromatic heterocycles. The van der Waals surface area contributed by atoms with E-state index in [4.69, 9.17) is 0 Å². The highest BCUT2D eigenvalue weighted by Crippen LogP contribution is 2.33. The summed E-state index contributed by atoms with van der Waals surface area (Å²) in [6.45, 7) is 7.31. The van der Waals surface area contributed by atoms with Crippen LogP contribution in [-0.2, 0) is 0 Å². The molecular weight excluding hydrogens is 474 g/mol. The van der Waals surface area contributed by atoms with Crippen molar-refractivity contribution in [3.63, 3.8) is 0 Å². The molecule has 0 amide bonds. The second-order valence-electron chi connectivity index (χ2n) is 6.64. The van der Waals surface area contributed by atoms with E-state index in [2.05, 4.69) is 10.1 Å². The zero-order valence-corrected chi connectivity index (χ0v) is 18.1. The molecule has 0 radical (unpaired) electrons. The lowest BCUT2D eigenvalue weighted by Crippen LogP contribution is -2.17. The average molecular weight is 491 g/mol. The van der Waals surface area contributed by atoms with Gasteiger partial charge in [-0.2, -0.15) is 8.78 Å². The molecule has 182 valence electrons. The zero-order chi connectivity index (χ0) is 25.9. The number of carbonyl (C=O) groups excluding carboxylic acids is 1. The number of rotatable bonds is 4. The zero-order valence-electron chi connectivity index (χ0n) is 18.1. The monoisotopic (exact) mass is 491 g/mol. The SMILES string of the molecule is CC.Cc1ccc(Nc2c(C(=O)Oc3c(F)c(F)c(F)c(F)c3F)cc(F)c(F)c2F)c(C)c1. The molecule has 0 aliphatic heterocycles. The minimum atomic E-state index is -2.50. The fourth-order valence-corrected chi connectivity index (χ4v) is 2.79. The van der Waals surface area contributed by atoms with Crippen molar-refractivity contribution in [1.82, 2.24) is 0 Å². The Morgan fingerprint density at radius 2 is 1.26 bits per heavy atom. The van der Waals surface area contributed by atoms with Gasteiger partial charge < -0.3 is 10.1 Å². The Balaban J connectivity index is 0.00000199. The topological polar surface area (TPSA) is 38.3 Å². The van der Waals surface area contributed by atoms with Crippen LogP contribution >= 0.6 is 0 Å². The molecule has 3 aromatic carbocycles. The Hall–Kier alpha value is -3.63. The second kappa shape index (κ2) is 10.5. The molecule has 0 spiro atoms. The highest BCUT2D eigenvalue weighted by Gasteiger charge is 2.31. The van der Waals surface area contributed by atoms with Crippen molar-refractivity contribution in [3.8, 4) is 5.75 Å².